The summed E-state index contributed by atoms with van der Waals surface area (Å²) in [7, 11) is 0. The summed E-state index contributed by atoms with van der Waals surface area (Å²) in [5.74, 6) is -1.81. The highest BCUT2D eigenvalue weighted by Crippen LogP contribution is 2.38. The number of anilines is 1. The van der Waals surface area contributed by atoms with Crippen molar-refractivity contribution in [3.05, 3.63) is 29.3 Å². The largest absolute Gasteiger partial charge is 0.451 e. The van der Waals surface area contributed by atoms with Gasteiger partial charge in [0.25, 0.3) is 11.8 Å². The van der Waals surface area contributed by atoms with Gasteiger partial charge in [0.15, 0.2) is 6.10 Å². The number of rotatable bonds is 5. The van der Waals surface area contributed by atoms with Crippen LogP contribution in [0.25, 0.3) is 0 Å². The van der Waals surface area contributed by atoms with E-state index in [1.54, 1.807) is 24.3 Å². The topological polar surface area (TPSA) is 105 Å². The smallest absolute Gasteiger partial charge is 0.327 e. The third kappa shape index (κ3) is 4.22. The molecule has 1 saturated carbocycles. The average Bonchev–Trinajstić information content (AvgIpc) is 2.91. The lowest BCUT2D eigenvalue weighted by Gasteiger charge is -2.36. The zero-order valence-corrected chi connectivity index (χ0v) is 17.1. The van der Waals surface area contributed by atoms with Crippen LogP contribution in [0.1, 0.15) is 39.5 Å². The monoisotopic (exact) mass is 421 g/mol. The minimum absolute atomic E-state index is 0.00552. The Balaban J connectivity index is 1.58. The maximum atomic E-state index is 12.9. The fraction of sp³-hybridized carbons (Fsp3) is 0.500. The van der Waals surface area contributed by atoms with E-state index in [0.29, 0.717) is 17.1 Å². The molecule has 1 saturated heterocycles. The SMILES string of the molecule is C[C@H](OC(=O)CN1C(=O)N[C@]2(CCCC[C@H]2C)C1=O)C(=O)Nc1ccccc1Cl. The van der Waals surface area contributed by atoms with Crippen molar-refractivity contribution >= 4 is 41.1 Å². The van der Waals surface area contributed by atoms with Gasteiger partial charge in [0, 0.05) is 0 Å². The first kappa shape index (κ1) is 21.1. The molecule has 1 spiro atoms. The molecule has 9 heteroatoms. The summed E-state index contributed by atoms with van der Waals surface area (Å²) in [6, 6.07) is 6.06. The molecule has 156 valence electrons. The number of hydrogen-bond donors (Lipinski definition) is 2. The molecule has 1 aliphatic carbocycles. The molecule has 0 unspecified atom stereocenters. The number of carbonyl (C=O) groups excluding carboxylic acids is 4. The van der Waals surface area contributed by atoms with Crippen molar-refractivity contribution in [1.82, 2.24) is 10.2 Å². The zero-order valence-electron chi connectivity index (χ0n) is 16.4. The second kappa shape index (κ2) is 8.41. The Hall–Kier alpha value is -2.61. The molecule has 1 aliphatic heterocycles. The van der Waals surface area contributed by atoms with Crippen LogP contribution in [-0.4, -0.2) is 46.9 Å². The van der Waals surface area contributed by atoms with Crippen molar-refractivity contribution in [3.63, 3.8) is 0 Å². The Morgan fingerprint density at radius 3 is 2.76 bits per heavy atom. The Kier molecular flexibility index (Phi) is 6.12. The van der Waals surface area contributed by atoms with Crippen LogP contribution in [0, 0.1) is 5.92 Å². The maximum absolute atomic E-state index is 12.9. The summed E-state index contributed by atoms with van der Waals surface area (Å²) < 4.78 is 5.12. The van der Waals surface area contributed by atoms with Crippen LogP contribution in [0.4, 0.5) is 10.5 Å². The van der Waals surface area contributed by atoms with E-state index in [1.807, 2.05) is 6.92 Å². The first-order valence-corrected chi connectivity index (χ1v) is 10.0. The number of ether oxygens (including phenoxy) is 1. The number of para-hydroxylation sites is 1. The molecular weight excluding hydrogens is 398 g/mol. The maximum Gasteiger partial charge on any atom is 0.327 e. The van der Waals surface area contributed by atoms with Gasteiger partial charge in [-0.05, 0) is 37.8 Å². The van der Waals surface area contributed by atoms with E-state index < -0.39 is 42.0 Å². The van der Waals surface area contributed by atoms with Gasteiger partial charge in [-0.3, -0.25) is 19.3 Å². The highest BCUT2D eigenvalue weighted by Gasteiger charge is 2.55. The van der Waals surface area contributed by atoms with E-state index in [9.17, 15) is 19.2 Å². The first-order valence-electron chi connectivity index (χ1n) is 9.63. The molecule has 0 aromatic heterocycles. The van der Waals surface area contributed by atoms with E-state index in [2.05, 4.69) is 10.6 Å². The lowest BCUT2D eigenvalue weighted by Crippen LogP contribution is -2.54. The molecule has 2 fully saturated rings. The lowest BCUT2D eigenvalue weighted by atomic mass is 9.73. The van der Waals surface area contributed by atoms with Crippen LogP contribution in [0.2, 0.25) is 5.02 Å². The van der Waals surface area contributed by atoms with Gasteiger partial charge in [0.1, 0.15) is 12.1 Å². The fourth-order valence-electron chi connectivity index (χ4n) is 3.85. The normalized spacial score (nSPS) is 24.9. The quantitative estimate of drug-likeness (QED) is 0.561. The van der Waals surface area contributed by atoms with Gasteiger partial charge in [0.2, 0.25) is 0 Å². The highest BCUT2D eigenvalue weighted by atomic mass is 35.5. The number of amides is 4. The molecule has 0 bridgehead atoms. The fourth-order valence-corrected chi connectivity index (χ4v) is 4.04. The summed E-state index contributed by atoms with van der Waals surface area (Å²) in [5, 5.41) is 5.70. The van der Waals surface area contributed by atoms with Crippen LogP contribution < -0.4 is 10.6 Å². The van der Waals surface area contributed by atoms with Crippen molar-refractivity contribution in [2.75, 3.05) is 11.9 Å². The van der Waals surface area contributed by atoms with Crippen molar-refractivity contribution in [2.24, 2.45) is 5.92 Å². The molecule has 8 nitrogen and oxygen atoms in total. The molecule has 2 N–H and O–H groups in total. The number of carbonyl (C=O) groups is 4. The van der Waals surface area contributed by atoms with Gasteiger partial charge in [-0.1, -0.05) is 43.5 Å². The number of hydrogen-bond acceptors (Lipinski definition) is 5. The van der Waals surface area contributed by atoms with E-state index in [4.69, 9.17) is 16.3 Å². The molecule has 2 aliphatic rings. The molecule has 29 heavy (non-hydrogen) atoms. The molecule has 1 aromatic rings. The minimum atomic E-state index is -1.12. The Bertz CT molecular complexity index is 845. The lowest BCUT2D eigenvalue weighted by molar-refractivity contribution is -0.155. The molecule has 1 aromatic carbocycles. The van der Waals surface area contributed by atoms with E-state index in [0.717, 1.165) is 24.2 Å². The summed E-state index contributed by atoms with van der Waals surface area (Å²) >= 11 is 6.00. The van der Waals surface area contributed by atoms with E-state index >= 15 is 0 Å². The minimum Gasteiger partial charge on any atom is -0.451 e. The van der Waals surface area contributed by atoms with Gasteiger partial charge >= 0.3 is 12.0 Å². The number of imide groups is 1. The number of urea groups is 1. The van der Waals surface area contributed by atoms with Crippen LogP contribution in [-0.2, 0) is 19.1 Å². The van der Waals surface area contributed by atoms with Crippen molar-refractivity contribution in [1.29, 1.82) is 0 Å². The molecule has 3 rings (SSSR count). The van der Waals surface area contributed by atoms with Gasteiger partial charge in [-0.15, -0.1) is 0 Å². The zero-order chi connectivity index (χ0) is 21.2. The summed E-state index contributed by atoms with van der Waals surface area (Å²) in [6.07, 6.45) is 2.12. The summed E-state index contributed by atoms with van der Waals surface area (Å²) in [5.41, 5.74) is -0.549. The Morgan fingerprint density at radius 1 is 1.34 bits per heavy atom. The van der Waals surface area contributed by atoms with Crippen LogP contribution in [0.15, 0.2) is 24.3 Å². The molecule has 3 atom stereocenters. The third-order valence-corrected chi connectivity index (χ3v) is 5.93. The molecule has 4 amide bonds. The van der Waals surface area contributed by atoms with Crippen LogP contribution in [0.5, 0.6) is 0 Å². The Labute approximate surface area is 173 Å². The standard InChI is InChI=1S/C20H24ClN3O5/c1-12-7-5-6-10-20(12)18(27)24(19(28)23-20)11-16(25)29-13(2)17(26)22-15-9-4-3-8-14(15)21/h3-4,8-9,12-13H,5-7,10-11H2,1-2H3,(H,22,26)(H,23,28)/t12-,13+,20+/m1/s1. The van der Waals surface area contributed by atoms with Gasteiger partial charge in [-0.2, -0.15) is 0 Å². The number of nitrogens with zero attached hydrogens (tertiary/aromatic N) is 1. The predicted octanol–water partition coefficient (Wildman–Crippen LogP) is 2.71. The van der Waals surface area contributed by atoms with Gasteiger partial charge < -0.3 is 15.4 Å². The highest BCUT2D eigenvalue weighted by molar-refractivity contribution is 6.33. The Morgan fingerprint density at radius 2 is 2.07 bits per heavy atom. The van der Waals surface area contributed by atoms with Crippen LogP contribution >= 0.6 is 11.6 Å². The first-order chi connectivity index (χ1) is 13.7. The molecule has 0 radical (unpaired) electrons. The summed E-state index contributed by atoms with van der Waals surface area (Å²) in [6.45, 7) is 2.80. The van der Waals surface area contributed by atoms with Crippen molar-refractivity contribution in [2.45, 2.75) is 51.2 Å². The average molecular weight is 422 g/mol. The van der Waals surface area contributed by atoms with Gasteiger partial charge in [0.05, 0.1) is 10.7 Å². The second-order valence-corrected chi connectivity index (χ2v) is 7.95. The number of esters is 1. The number of halogens is 1. The number of nitrogens with one attached hydrogen (secondary N) is 2. The van der Waals surface area contributed by atoms with E-state index in [-0.39, 0.29) is 5.92 Å². The number of benzene rings is 1. The van der Waals surface area contributed by atoms with Crippen molar-refractivity contribution < 1.29 is 23.9 Å². The third-order valence-electron chi connectivity index (χ3n) is 5.60. The molecule has 1 heterocycles. The molecular formula is C20H24ClN3O5. The predicted molar refractivity (Wildman–Crippen MR) is 106 cm³/mol. The van der Waals surface area contributed by atoms with Crippen LogP contribution in [0.3, 0.4) is 0 Å². The van der Waals surface area contributed by atoms with Gasteiger partial charge in [-0.25, -0.2) is 4.79 Å². The van der Waals surface area contributed by atoms with E-state index in [1.165, 1.54) is 6.92 Å². The summed E-state index contributed by atoms with van der Waals surface area (Å²) in [4.78, 5) is 50.6. The second-order valence-electron chi connectivity index (χ2n) is 7.54. The van der Waals surface area contributed by atoms with Crippen molar-refractivity contribution in [3.8, 4) is 0 Å².